The summed E-state index contributed by atoms with van der Waals surface area (Å²) >= 11 is 0. The predicted molar refractivity (Wildman–Crippen MR) is 31.3 cm³/mol. The van der Waals surface area contributed by atoms with Gasteiger partial charge >= 0.3 is 0 Å². The zero-order valence-corrected chi connectivity index (χ0v) is 5.20. The smallest absolute Gasteiger partial charge is 0.0688 e. The van der Waals surface area contributed by atoms with Crippen LogP contribution in [0.15, 0.2) is 0 Å². The summed E-state index contributed by atoms with van der Waals surface area (Å²) in [7, 11) is 0. The summed E-state index contributed by atoms with van der Waals surface area (Å²) in [6.45, 7) is 3.11. The maximum absolute atomic E-state index is 8.71. The third kappa shape index (κ3) is 2.26. The van der Waals surface area contributed by atoms with Crippen LogP contribution in [0.1, 0.15) is 13.8 Å². The molecule has 0 aliphatic carbocycles. The molecule has 8 heavy (non-hydrogen) atoms. The van der Waals surface area contributed by atoms with E-state index in [2.05, 4.69) is 0 Å². The second kappa shape index (κ2) is 3.02. The summed E-state index contributed by atoms with van der Waals surface area (Å²) < 4.78 is 0. The normalized spacial score (nSPS) is 22.1. The molecule has 0 radical (unpaired) electrons. The van der Waals surface area contributed by atoms with Crippen LogP contribution < -0.4 is 5.73 Å². The van der Waals surface area contributed by atoms with E-state index in [4.69, 9.17) is 15.9 Å². The molecule has 0 aromatic carbocycles. The first-order valence-corrected chi connectivity index (χ1v) is 2.67. The summed E-state index contributed by atoms with van der Waals surface area (Å²) in [6, 6.07) is -0.519. The zero-order valence-electron chi connectivity index (χ0n) is 5.20. The van der Waals surface area contributed by atoms with Crippen LogP contribution in [-0.4, -0.2) is 28.5 Å². The lowest BCUT2D eigenvalue weighted by molar-refractivity contribution is 0.0759. The van der Waals surface area contributed by atoms with Crippen LogP contribution in [0.4, 0.5) is 0 Å². The van der Waals surface area contributed by atoms with Crippen molar-refractivity contribution in [2.45, 2.75) is 32.1 Å². The highest BCUT2D eigenvalue weighted by Gasteiger charge is 2.13. The van der Waals surface area contributed by atoms with Gasteiger partial charge in [-0.2, -0.15) is 0 Å². The fourth-order valence-electron chi connectivity index (χ4n) is 0.403. The molecular weight excluding hydrogens is 106 g/mol. The molecule has 0 spiro atoms. The molecule has 0 heterocycles. The highest BCUT2D eigenvalue weighted by molar-refractivity contribution is 4.72. The van der Waals surface area contributed by atoms with Crippen molar-refractivity contribution in [3.8, 4) is 0 Å². The fourth-order valence-corrected chi connectivity index (χ4v) is 0.403. The first kappa shape index (κ1) is 7.88. The third-order valence-corrected chi connectivity index (χ3v) is 1.11. The lowest BCUT2D eigenvalue weighted by Crippen LogP contribution is -2.41. The Balaban J connectivity index is 3.46. The van der Waals surface area contributed by atoms with E-state index in [-0.39, 0.29) is 0 Å². The van der Waals surface area contributed by atoms with Crippen molar-refractivity contribution in [2.24, 2.45) is 5.73 Å². The Labute approximate surface area is 49.1 Å². The molecule has 2 unspecified atom stereocenters. The van der Waals surface area contributed by atoms with Gasteiger partial charge in [0.1, 0.15) is 0 Å². The Morgan fingerprint density at radius 1 is 1.12 bits per heavy atom. The minimum absolute atomic E-state index is 0.519. The van der Waals surface area contributed by atoms with E-state index >= 15 is 0 Å². The molecule has 0 aliphatic heterocycles. The van der Waals surface area contributed by atoms with Crippen LogP contribution >= 0.6 is 0 Å². The molecular formula is C5H13NO2. The van der Waals surface area contributed by atoms with E-state index in [1.807, 2.05) is 0 Å². The largest absolute Gasteiger partial charge is 0.392 e. The third-order valence-electron chi connectivity index (χ3n) is 1.11. The molecule has 0 saturated carbocycles. The monoisotopic (exact) mass is 119 g/mol. The molecule has 0 aromatic heterocycles. The minimum Gasteiger partial charge on any atom is -0.392 e. The Morgan fingerprint density at radius 3 is 1.38 bits per heavy atom. The van der Waals surface area contributed by atoms with Gasteiger partial charge in [-0.25, -0.2) is 0 Å². The summed E-state index contributed by atoms with van der Waals surface area (Å²) in [5.74, 6) is 0. The highest BCUT2D eigenvalue weighted by Crippen LogP contribution is 1.93. The molecule has 0 aliphatic rings. The van der Waals surface area contributed by atoms with Gasteiger partial charge in [-0.1, -0.05) is 0 Å². The van der Waals surface area contributed by atoms with Crippen molar-refractivity contribution < 1.29 is 10.2 Å². The van der Waals surface area contributed by atoms with E-state index in [0.29, 0.717) is 0 Å². The minimum atomic E-state index is -0.630. The number of hydrogen-bond acceptors (Lipinski definition) is 3. The molecule has 0 saturated heterocycles. The van der Waals surface area contributed by atoms with Crippen molar-refractivity contribution in [3.63, 3.8) is 0 Å². The van der Waals surface area contributed by atoms with Gasteiger partial charge in [0, 0.05) is 0 Å². The number of aliphatic hydroxyl groups excluding tert-OH is 2. The maximum atomic E-state index is 8.71. The van der Waals surface area contributed by atoms with Crippen molar-refractivity contribution in [1.29, 1.82) is 0 Å². The number of nitrogens with two attached hydrogens (primary N) is 1. The average molecular weight is 119 g/mol. The number of hydrogen-bond donors (Lipinski definition) is 3. The standard InChI is InChI=1S/C5H13NO2/c1-3(7)5(6)4(2)8/h3-5,7-8H,6H2,1-2H3/t3-,4?,5?/m1/s1. The quantitative estimate of drug-likeness (QED) is 0.440. The van der Waals surface area contributed by atoms with Crippen LogP contribution in [0, 0.1) is 0 Å². The van der Waals surface area contributed by atoms with E-state index in [1.165, 1.54) is 0 Å². The van der Waals surface area contributed by atoms with Gasteiger partial charge in [0.05, 0.1) is 18.2 Å². The Kier molecular flexibility index (Phi) is 2.97. The SMILES string of the molecule is CC(O)C(N)[C@@H](C)O. The summed E-state index contributed by atoms with van der Waals surface area (Å²) in [5, 5.41) is 17.4. The Bertz CT molecular complexity index is 55.4. The van der Waals surface area contributed by atoms with Crippen LogP contribution in [0.25, 0.3) is 0 Å². The molecule has 50 valence electrons. The molecule has 0 bridgehead atoms. The lowest BCUT2D eigenvalue weighted by atomic mass is 10.1. The van der Waals surface area contributed by atoms with E-state index in [1.54, 1.807) is 13.8 Å². The second-order valence-corrected chi connectivity index (χ2v) is 2.06. The van der Waals surface area contributed by atoms with E-state index in [0.717, 1.165) is 0 Å². The predicted octanol–water partition coefficient (Wildman–Crippen LogP) is -0.925. The van der Waals surface area contributed by atoms with Crippen molar-refractivity contribution in [2.75, 3.05) is 0 Å². The summed E-state index contributed by atoms with van der Waals surface area (Å²) in [4.78, 5) is 0. The van der Waals surface area contributed by atoms with Gasteiger partial charge in [0.25, 0.3) is 0 Å². The van der Waals surface area contributed by atoms with Crippen LogP contribution in [0.3, 0.4) is 0 Å². The van der Waals surface area contributed by atoms with Gasteiger partial charge in [-0.3, -0.25) is 0 Å². The topological polar surface area (TPSA) is 66.5 Å². The summed E-state index contributed by atoms with van der Waals surface area (Å²) in [5.41, 5.74) is 5.26. The van der Waals surface area contributed by atoms with Gasteiger partial charge in [0.2, 0.25) is 0 Å². The number of aliphatic hydroxyl groups is 2. The summed E-state index contributed by atoms with van der Waals surface area (Å²) in [6.07, 6.45) is -1.26. The highest BCUT2D eigenvalue weighted by atomic mass is 16.3. The molecule has 3 heteroatoms. The fraction of sp³-hybridized carbons (Fsp3) is 1.00. The van der Waals surface area contributed by atoms with Crippen molar-refractivity contribution in [3.05, 3.63) is 0 Å². The number of rotatable bonds is 2. The van der Waals surface area contributed by atoms with Gasteiger partial charge in [0.15, 0.2) is 0 Å². The van der Waals surface area contributed by atoms with E-state index in [9.17, 15) is 0 Å². The Hall–Kier alpha value is -0.120. The van der Waals surface area contributed by atoms with Crippen molar-refractivity contribution >= 4 is 0 Å². The molecule has 0 amide bonds. The first-order valence-electron chi connectivity index (χ1n) is 2.67. The molecule has 0 aromatic rings. The first-order chi connectivity index (χ1) is 3.55. The average Bonchev–Trinajstić information content (AvgIpc) is 1.64. The van der Waals surface area contributed by atoms with Crippen LogP contribution in [0.2, 0.25) is 0 Å². The van der Waals surface area contributed by atoms with Crippen LogP contribution in [0.5, 0.6) is 0 Å². The van der Waals surface area contributed by atoms with E-state index < -0.39 is 18.2 Å². The zero-order chi connectivity index (χ0) is 6.73. The lowest BCUT2D eigenvalue weighted by Gasteiger charge is -2.16. The second-order valence-electron chi connectivity index (χ2n) is 2.06. The van der Waals surface area contributed by atoms with Gasteiger partial charge < -0.3 is 15.9 Å². The molecule has 4 N–H and O–H groups in total. The van der Waals surface area contributed by atoms with Crippen molar-refractivity contribution in [1.82, 2.24) is 0 Å². The maximum Gasteiger partial charge on any atom is 0.0688 e. The molecule has 3 nitrogen and oxygen atoms in total. The Morgan fingerprint density at radius 2 is 1.38 bits per heavy atom. The molecule has 0 rings (SSSR count). The van der Waals surface area contributed by atoms with Gasteiger partial charge in [-0.05, 0) is 13.8 Å². The molecule has 3 atom stereocenters. The van der Waals surface area contributed by atoms with Crippen LogP contribution in [-0.2, 0) is 0 Å². The molecule has 0 fully saturated rings. The van der Waals surface area contributed by atoms with Gasteiger partial charge in [-0.15, -0.1) is 0 Å².